The van der Waals surface area contributed by atoms with E-state index in [4.69, 9.17) is 4.74 Å². The summed E-state index contributed by atoms with van der Waals surface area (Å²) in [6, 6.07) is 0.335. The molecule has 2 saturated heterocycles. The van der Waals surface area contributed by atoms with Crippen molar-refractivity contribution in [3.8, 4) is 0 Å². The molecule has 3 atom stereocenters. The third-order valence-electron chi connectivity index (χ3n) is 5.58. The van der Waals surface area contributed by atoms with Crippen LogP contribution in [0.4, 0.5) is 4.39 Å². The maximum absolute atomic E-state index is 14.3. The molecule has 2 aliphatic heterocycles. The molecule has 0 aromatic heterocycles. The van der Waals surface area contributed by atoms with Crippen LogP contribution in [-0.2, 0) is 14.3 Å². The first-order chi connectivity index (χ1) is 10.5. The number of nitrogens with one attached hydrogen (secondary N) is 1. The molecule has 4 aliphatic rings. The van der Waals surface area contributed by atoms with Crippen molar-refractivity contribution in [3.05, 3.63) is 0 Å². The summed E-state index contributed by atoms with van der Waals surface area (Å²) in [7, 11) is 0. The number of nitrogens with zero attached hydrogens (tertiary/aromatic N) is 1. The topological polar surface area (TPSA) is 58.6 Å². The molecule has 4 fully saturated rings. The van der Waals surface area contributed by atoms with Crippen molar-refractivity contribution in [2.75, 3.05) is 13.1 Å². The molecule has 5 nitrogen and oxygen atoms in total. The maximum Gasteiger partial charge on any atom is 0.260 e. The van der Waals surface area contributed by atoms with E-state index in [1.807, 2.05) is 0 Å². The number of carbonyl (C=O) groups excluding carboxylic acids is 2. The van der Waals surface area contributed by atoms with E-state index < -0.39 is 11.8 Å². The smallest absolute Gasteiger partial charge is 0.260 e. The molecule has 0 bridgehead atoms. The Bertz CT molecular complexity index is 490. The normalized spacial score (nSPS) is 36.4. The molecule has 2 saturated carbocycles. The fraction of sp³-hybridized carbons (Fsp3) is 0.875. The summed E-state index contributed by atoms with van der Waals surface area (Å²) in [5, 5.41) is 2.98. The number of ether oxygens (including phenoxy) is 1. The quantitative estimate of drug-likeness (QED) is 0.851. The highest BCUT2D eigenvalue weighted by Gasteiger charge is 2.50. The van der Waals surface area contributed by atoms with Gasteiger partial charge in [0.2, 0.25) is 5.91 Å². The molecule has 1 N–H and O–H groups in total. The second-order valence-corrected chi connectivity index (χ2v) is 7.30. The zero-order valence-electron chi connectivity index (χ0n) is 12.7. The number of likely N-dealkylation sites (tertiary alicyclic amines) is 1. The maximum atomic E-state index is 14.3. The number of hydrogen-bond donors (Lipinski definition) is 1. The van der Waals surface area contributed by atoms with E-state index in [0.29, 0.717) is 37.9 Å². The Morgan fingerprint density at radius 2 is 2.00 bits per heavy atom. The molecule has 0 radical (unpaired) electrons. The van der Waals surface area contributed by atoms with Crippen molar-refractivity contribution in [3.63, 3.8) is 0 Å². The Kier molecular flexibility index (Phi) is 3.40. The fourth-order valence-corrected chi connectivity index (χ4v) is 3.79. The van der Waals surface area contributed by atoms with Gasteiger partial charge in [-0.05, 0) is 50.9 Å². The SMILES string of the molecule is O=C(NC1CC1)[C@H]1C[C@@H]2CCN(C(=O)C3(F)CCC3)C[C@@H]2O1. The van der Waals surface area contributed by atoms with E-state index in [9.17, 15) is 14.0 Å². The summed E-state index contributed by atoms with van der Waals surface area (Å²) >= 11 is 0. The van der Waals surface area contributed by atoms with Crippen molar-refractivity contribution in [1.29, 1.82) is 0 Å². The van der Waals surface area contributed by atoms with E-state index in [1.165, 1.54) is 0 Å². The Balaban J connectivity index is 1.35. The fourth-order valence-electron chi connectivity index (χ4n) is 3.79. The second-order valence-electron chi connectivity index (χ2n) is 7.30. The van der Waals surface area contributed by atoms with Crippen LogP contribution in [0.1, 0.15) is 44.9 Å². The molecule has 0 aromatic rings. The summed E-state index contributed by atoms with van der Waals surface area (Å²) < 4.78 is 20.2. The minimum atomic E-state index is -1.63. The van der Waals surface area contributed by atoms with Crippen LogP contribution < -0.4 is 5.32 Å². The molecular formula is C16H23FN2O3. The molecule has 0 unspecified atom stereocenters. The van der Waals surface area contributed by atoms with Crippen molar-refractivity contribution in [1.82, 2.24) is 10.2 Å². The van der Waals surface area contributed by atoms with Gasteiger partial charge in [0.25, 0.3) is 5.91 Å². The van der Waals surface area contributed by atoms with Crippen LogP contribution in [0.2, 0.25) is 0 Å². The molecule has 22 heavy (non-hydrogen) atoms. The lowest BCUT2D eigenvalue weighted by molar-refractivity contribution is -0.154. The predicted molar refractivity (Wildman–Crippen MR) is 76.8 cm³/mol. The van der Waals surface area contributed by atoms with Crippen LogP contribution in [0.25, 0.3) is 0 Å². The molecule has 2 aliphatic carbocycles. The van der Waals surface area contributed by atoms with Crippen LogP contribution in [0, 0.1) is 5.92 Å². The number of rotatable bonds is 3. The van der Waals surface area contributed by atoms with E-state index in [0.717, 1.165) is 32.1 Å². The van der Waals surface area contributed by atoms with Gasteiger partial charge in [0.1, 0.15) is 6.10 Å². The summed E-state index contributed by atoms with van der Waals surface area (Å²) in [5.74, 6) is -0.0710. The number of halogens is 1. The molecular weight excluding hydrogens is 287 g/mol. The van der Waals surface area contributed by atoms with Crippen LogP contribution >= 0.6 is 0 Å². The van der Waals surface area contributed by atoms with Gasteiger partial charge in [-0.25, -0.2) is 4.39 Å². The van der Waals surface area contributed by atoms with Gasteiger partial charge in [0.15, 0.2) is 5.67 Å². The summed E-state index contributed by atoms with van der Waals surface area (Å²) in [4.78, 5) is 26.0. The summed E-state index contributed by atoms with van der Waals surface area (Å²) in [6.45, 7) is 1.02. The highest BCUT2D eigenvalue weighted by molar-refractivity contribution is 5.86. The summed E-state index contributed by atoms with van der Waals surface area (Å²) in [6.07, 6.45) is 4.64. The first-order valence-electron chi connectivity index (χ1n) is 8.49. The number of fused-ring (bicyclic) bond motifs is 1. The molecule has 2 heterocycles. The van der Waals surface area contributed by atoms with Crippen molar-refractivity contribution < 1.29 is 18.7 Å². The minimum Gasteiger partial charge on any atom is -0.363 e. The Hall–Kier alpha value is -1.17. The van der Waals surface area contributed by atoms with Gasteiger partial charge in [-0.15, -0.1) is 0 Å². The second kappa shape index (κ2) is 5.18. The lowest BCUT2D eigenvalue weighted by Gasteiger charge is -2.41. The molecule has 0 aromatic carbocycles. The van der Waals surface area contributed by atoms with Gasteiger partial charge in [-0.3, -0.25) is 9.59 Å². The third-order valence-corrected chi connectivity index (χ3v) is 5.58. The predicted octanol–water partition coefficient (Wildman–Crippen LogP) is 1.16. The van der Waals surface area contributed by atoms with E-state index in [-0.39, 0.29) is 17.9 Å². The Morgan fingerprint density at radius 3 is 2.64 bits per heavy atom. The number of carbonyl (C=O) groups is 2. The average Bonchev–Trinajstić information content (AvgIpc) is 3.18. The zero-order chi connectivity index (χ0) is 15.3. The summed E-state index contributed by atoms with van der Waals surface area (Å²) in [5.41, 5.74) is -1.63. The van der Waals surface area contributed by atoms with Crippen molar-refractivity contribution in [2.45, 2.75) is 68.9 Å². The number of hydrogen-bond acceptors (Lipinski definition) is 3. The Labute approximate surface area is 129 Å². The van der Waals surface area contributed by atoms with E-state index >= 15 is 0 Å². The molecule has 0 spiro atoms. The lowest BCUT2D eigenvalue weighted by atomic mass is 9.80. The first-order valence-corrected chi connectivity index (χ1v) is 8.49. The molecule has 6 heteroatoms. The standard InChI is InChI=1S/C16H23FN2O3/c17-16(5-1-6-16)15(21)19-7-4-10-8-12(22-13(10)9-19)14(20)18-11-2-3-11/h10-13H,1-9H2,(H,18,20)/t10-,12+,13-/m0/s1. The Morgan fingerprint density at radius 1 is 1.23 bits per heavy atom. The van der Waals surface area contributed by atoms with Gasteiger partial charge in [-0.1, -0.05) is 0 Å². The zero-order valence-corrected chi connectivity index (χ0v) is 12.7. The van der Waals surface area contributed by atoms with Crippen molar-refractivity contribution >= 4 is 11.8 Å². The van der Waals surface area contributed by atoms with Crippen LogP contribution in [0.5, 0.6) is 0 Å². The highest BCUT2D eigenvalue weighted by atomic mass is 19.1. The van der Waals surface area contributed by atoms with Crippen LogP contribution in [0.15, 0.2) is 0 Å². The van der Waals surface area contributed by atoms with Gasteiger partial charge < -0.3 is 15.0 Å². The molecule has 2 amide bonds. The average molecular weight is 310 g/mol. The molecule has 4 rings (SSSR count). The highest BCUT2D eigenvalue weighted by Crippen LogP contribution is 2.40. The van der Waals surface area contributed by atoms with Gasteiger partial charge in [0.05, 0.1) is 6.10 Å². The monoisotopic (exact) mass is 310 g/mol. The molecule has 122 valence electrons. The third kappa shape index (κ3) is 2.51. The largest absolute Gasteiger partial charge is 0.363 e. The van der Waals surface area contributed by atoms with Crippen LogP contribution in [-0.4, -0.2) is 53.7 Å². The minimum absolute atomic E-state index is 0.0178. The number of piperidine rings is 1. The first kappa shape index (κ1) is 14.4. The van der Waals surface area contributed by atoms with Crippen LogP contribution in [0.3, 0.4) is 0 Å². The lowest BCUT2D eigenvalue weighted by Crippen LogP contribution is -2.55. The van der Waals surface area contributed by atoms with E-state index in [2.05, 4.69) is 5.32 Å². The van der Waals surface area contributed by atoms with Gasteiger partial charge >= 0.3 is 0 Å². The van der Waals surface area contributed by atoms with Gasteiger partial charge in [0, 0.05) is 19.1 Å². The number of alkyl halides is 1. The number of amides is 2. The van der Waals surface area contributed by atoms with Gasteiger partial charge in [-0.2, -0.15) is 0 Å². The van der Waals surface area contributed by atoms with Crippen molar-refractivity contribution in [2.24, 2.45) is 5.92 Å². The van der Waals surface area contributed by atoms with E-state index in [1.54, 1.807) is 4.90 Å².